The summed E-state index contributed by atoms with van der Waals surface area (Å²) in [4.78, 5) is 38.3. The van der Waals surface area contributed by atoms with Gasteiger partial charge in [-0.3, -0.25) is 9.59 Å². The van der Waals surface area contributed by atoms with Crippen molar-refractivity contribution < 1.29 is 39.2 Å². The van der Waals surface area contributed by atoms with E-state index in [2.05, 4.69) is 4.74 Å². The third-order valence-corrected chi connectivity index (χ3v) is 6.57. The molecule has 2 aliphatic rings. The zero-order valence-corrected chi connectivity index (χ0v) is 19.6. The second-order valence-electron chi connectivity index (χ2n) is 8.70. The number of allylic oxidation sites excluding steroid dienone is 1. The Kier molecular flexibility index (Phi) is 8.24. The van der Waals surface area contributed by atoms with Gasteiger partial charge in [-0.15, -0.1) is 0 Å². The summed E-state index contributed by atoms with van der Waals surface area (Å²) < 4.78 is 9.88. The van der Waals surface area contributed by atoms with Gasteiger partial charge in [0.2, 0.25) is 11.8 Å². The number of phenolic OH excluding ortho intramolecular Hbond substituents is 1. The van der Waals surface area contributed by atoms with E-state index < -0.39 is 48.4 Å². The van der Waals surface area contributed by atoms with Crippen molar-refractivity contribution in [2.45, 2.75) is 32.3 Å². The van der Waals surface area contributed by atoms with E-state index in [-0.39, 0.29) is 18.8 Å². The Labute approximate surface area is 198 Å². The summed E-state index contributed by atoms with van der Waals surface area (Å²) in [5.41, 5.74) is 2.72. The number of rotatable bonds is 8. The Morgan fingerprint density at radius 1 is 1.24 bits per heavy atom. The van der Waals surface area contributed by atoms with E-state index in [4.69, 9.17) is 4.74 Å². The van der Waals surface area contributed by atoms with Crippen LogP contribution in [0, 0.1) is 17.8 Å². The number of imide groups is 3. The second kappa shape index (κ2) is 10.9. The summed E-state index contributed by atoms with van der Waals surface area (Å²) in [5.74, 6) is -3.84. The van der Waals surface area contributed by atoms with Gasteiger partial charge in [0.05, 0.1) is 38.3 Å². The number of fused-ring (bicyclic) bond motifs is 1. The van der Waals surface area contributed by atoms with E-state index in [0.29, 0.717) is 34.5 Å². The van der Waals surface area contributed by atoms with E-state index in [0.717, 1.165) is 12.7 Å². The van der Waals surface area contributed by atoms with Crippen molar-refractivity contribution in [3.8, 4) is 5.75 Å². The van der Waals surface area contributed by atoms with E-state index >= 15 is 0 Å². The standard InChI is InChI=1S/C25H31NO8/c1-14(10-15-6-4-5-7-19(15)28)8-9-20(29)21-16(13-33-2)11-17-22(18(21)12-27)24(31)26(23(17)30)25(32)34-3/h4-7,10,17-18,20,22,27-29H,8-9,11-13H2,1-3H3/b14-10+/t17-,18+,20-,22-/m1/s1. The SMILES string of the molecule is COCC1=C([C@H](O)CC/C(C)=C/c2ccccc2O)[C@H](CO)[C@@H]2C(=O)N(C(=O)OC)C(=O)[C@@H]2C1. The van der Waals surface area contributed by atoms with Crippen LogP contribution in [0.4, 0.5) is 4.79 Å². The van der Waals surface area contributed by atoms with Crippen molar-refractivity contribution in [2.24, 2.45) is 17.8 Å². The Balaban J connectivity index is 1.86. The van der Waals surface area contributed by atoms with Gasteiger partial charge in [-0.05, 0) is 43.4 Å². The average molecular weight is 474 g/mol. The largest absolute Gasteiger partial charge is 0.507 e. The summed E-state index contributed by atoms with van der Waals surface area (Å²) in [6, 6.07) is 6.93. The summed E-state index contributed by atoms with van der Waals surface area (Å²) in [6.07, 6.45) is 0.724. The molecule has 0 unspecified atom stereocenters. The van der Waals surface area contributed by atoms with Crippen LogP contribution in [-0.2, 0) is 19.1 Å². The number of carbonyl (C=O) groups excluding carboxylic acids is 3. The number of carbonyl (C=O) groups is 3. The Bertz CT molecular complexity index is 1010. The van der Waals surface area contributed by atoms with Gasteiger partial charge >= 0.3 is 6.09 Å². The zero-order valence-electron chi connectivity index (χ0n) is 19.6. The lowest BCUT2D eigenvalue weighted by atomic mass is 9.68. The van der Waals surface area contributed by atoms with E-state index in [1.54, 1.807) is 18.2 Å². The van der Waals surface area contributed by atoms with Crippen LogP contribution >= 0.6 is 0 Å². The average Bonchev–Trinajstić information content (AvgIpc) is 3.07. The topological polar surface area (TPSA) is 134 Å². The molecule has 1 aromatic rings. The molecule has 1 aliphatic heterocycles. The third kappa shape index (κ3) is 4.91. The predicted octanol–water partition coefficient (Wildman–Crippen LogP) is 2.26. The van der Waals surface area contributed by atoms with Crippen LogP contribution in [0.3, 0.4) is 0 Å². The highest BCUT2D eigenvalue weighted by Gasteiger charge is 2.57. The Morgan fingerprint density at radius 3 is 2.56 bits per heavy atom. The second-order valence-corrected chi connectivity index (χ2v) is 8.70. The number of nitrogens with zero attached hydrogens (tertiary/aromatic N) is 1. The molecule has 9 nitrogen and oxygen atoms in total. The first-order valence-electron chi connectivity index (χ1n) is 11.2. The van der Waals surface area contributed by atoms with E-state index in [9.17, 15) is 29.7 Å². The molecule has 3 rings (SSSR count). The number of likely N-dealkylation sites (tertiary alicyclic amines) is 1. The molecular formula is C25H31NO8. The van der Waals surface area contributed by atoms with Gasteiger partial charge < -0.3 is 24.8 Å². The van der Waals surface area contributed by atoms with Gasteiger partial charge in [-0.2, -0.15) is 4.90 Å². The Morgan fingerprint density at radius 2 is 1.94 bits per heavy atom. The maximum atomic E-state index is 13.0. The number of phenols is 1. The normalized spacial score (nSPS) is 23.9. The maximum absolute atomic E-state index is 13.0. The van der Waals surface area contributed by atoms with Gasteiger partial charge in [0.1, 0.15) is 5.75 Å². The van der Waals surface area contributed by atoms with Crippen molar-refractivity contribution >= 4 is 24.0 Å². The molecule has 1 fully saturated rings. The maximum Gasteiger partial charge on any atom is 0.423 e. The Hall–Kier alpha value is -3.01. The van der Waals surface area contributed by atoms with Gasteiger partial charge in [0.15, 0.2) is 0 Å². The first-order valence-corrected chi connectivity index (χ1v) is 11.2. The predicted molar refractivity (Wildman–Crippen MR) is 122 cm³/mol. The molecule has 1 saturated heterocycles. The van der Waals surface area contributed by atoms with Crippen molar-refractivity contribution in [3.05, 3.63) is 46.5 Å². The first kappa shape index (κ1) is 25.6. The molecule has 0 radical (unpaired) electrons. The van der Waals surface area contributed by atoms with Crippen molar-refractivity contribution in [3.63, 3.8) is 0 Å². The number of aliphatic hydroxyl groups excluding tert-OH is 2. The summed E-state index contributed by atoms with van der Waals surface area (Å²) >= 11 is 0. The van der Waals surface area contributed by atoms with Crippen LogP contribution in [0.5, 0.6) is 5.75 Å². The molecule has 1 aromatic carbocycles. The van der Waals surface area contributed by atoms with Crippen LogP contribution in [0.2, 0.25) is 0 Å². The number of ether oxygens (including phenoxy) is 2. The lowest BCUT2D eigenvalue weighted by Crippen LogP contribution is -2.40. The molecule has 3 N–H and O–H groups in total. The van der Waals surface area contributed by atoms with Crippen LogP contribution < -0.4 is 0 Å². The molecule has 1 heterocycles. The van der Waals surface area contributed by atoms with Crippen molar-refractivity contribution in [1.29, 1.82) is 0 Å². The molecule has 1 aliphatic carbocycles. The monoisotopic (exact) mass is 473 g/mol. The third-order valence-electron chi connectivity index (χ3n) is 6.57. The number of para-hydroxylation sites is 1. The minimum Gasteiger partial charge on any atom is -0.507 e. The van der Waals surface area contributed by atoms with E-state index in [1.165, 1.54) is 7.11 Å². The molecule has 9 heteroatoms. The van der Waals surface area contributed by atoms with Crippen LogP contribution in [-0.4, -0.2) is 71.7 Å². The van der Waals surface area contributed by atoms with Gasteiger partial charge in [0.25, 0.3) is 0 Å². The van der Waals surface area contributed by atoms with E-state index in [1.807, 2.05) is 19.1 Å². The van der Waals surface area contributed by atoms with Crippen LogP contribution in [0.1, 0.15) is 31.7 Å². The van der Waals surface area contributed by atoms with Crippen LogP contribution in [0.25, 0.3) is 6.08 Å². The molecular weight excluding hydrogens is 442 g/mol. The molecule has 3 amide bonds. The highest BCUT2D eigenvalue weighted by atomic mass is 16.5. The number of hydrogen-bond donors (Lipinski definition) is 3. The van der Waals surface area contributed by atoms with Gasteiger partial charge in [0, 0.05) is 18.6 Å². The number of hydrogen-bond acceptors (Lipinski definition) is 8. The van der Waals surface area contributed by atoms with Gasteiger partial charge in [-0.1, -0.05) is 29.8 Å². The smallest absolute Gasteiger partial charge is 0.423 e. The minimum atomic E-state index is -1.05. The molecule has 0 saturated carbocycles. The van der Waals surface area contributed by atoms with Crippen molar-refractivity contribution in [1.82, 2.24) is 4.90 Å². The zero-order chi connectivity index (χ0) is 25.0. The lowest BCUT2D eigenvalue weighted by Gasteiger charge is -2.36. The number of benzene rings is 1. The fourth-order valence-electron chi connectivity index (χ4n) is 5.00. The number of aliphatic hydroxyl groups is 2. The lowest BCUT2D eigenvalue weighted by molar-refractivity contribution is -0.137. The van der Waals surface area contributed by atoms with Crippen molar-refractivity contribution in [2.75, 3.05) is 27.4 Å². The number of aromatic hydroxyl groups is 1. The molecule has 0 spiro atoms. The number of amides is 3. The molecule has 184 valence electrons. The van der Waals surface area contributed by atoms with Gasteiger partial charge in [-0.25, -0.2) is 4.79 Å². The molecule has 4 atom stereocenters. The minimum absolute atomic E-state index is 0.124. The summed E-state index contributed by atoms with van der Waals surface area (Å²) in [6.45, 7) is 1.54. The molecule has 0 aromatic heterocycles. The fourth-order valence-corrected chi connectivity index (χ4v) is 5.00. The first-order chi connectivity index (χ1) is 16.2. The fraction of sp³-hybridized carbons (Fsp3) is 0.480. The molecule has 0 bridgehead atoms. The summed E-state index contributed by atoms with van der Waals surface area (Å²) in [7, 11) is 2.57. The molecule has 34 heavy (non-hydrogen) atoms. The summed E-state index contributed by atoms with van der Waals surface area (Å²) in [5, 5.41) is 31.3. The highest BCUT2D eigenvalue weighted by molar-refractivity contribution is 6.16. The highest BCUT2D eigenvalue weighted by Crippen LogP contribution is 2.46. The number of methoxy groups -OCH3 is 2. The van der Waals surface area contributed by atoms with Crippen LogP contribution in [0.15, 0.2) is 41.0 Å². The quantitative estimate of drug-likeness (QED) is 0.387.